The molecule has 7 heteroatoms. The summed E-state index contributed by atoms with van der Waals surface area (Å²) in [5, 5.41) is 14.4. The van der Waals surface area contributed by atoms with Gasteiger partial charge in [-0.05, 0) is 18.4 Å². The summed E-state index contributed by atoms with van der Waals surface area (Å²) < 4.78 is 0. The molecule has 0 spiro atoms. The topological polar surface area (TPSA) is 122 Å². The van der Waals surface area contributed by atoms with Crippen molar-refractivity contribution in [1.82, 2.24) is 10.6 Å². The van der Waals surface area contributed by atoms with E-state index in [1.807, 2.05) is 6.07 Å². The molecule has 3 unspecified atom stereocenters. The van der Waals surface area contributed by atoms with Crippen LogP contribution in [-0.4, -0.2) is 41.0 Å². The van der Waals surface area contributed by atoms with Crippen LogP contribution in [0, 0.1) is 5.92 Å². The minimum absolute atomic E-state index is 0.161. The highest BCUT2D eigenvalue weighted by molar-refractivity contribution is 5.91. The largest absolute Gasteiger partial charge is 0.480 e. The predicted octanol–water partition coefficient (Wildman–Crippen LogP) is 0.287. The Morgan fingerprint density at radius 2 is 1.62 bits per heavy atom. The van der Waals surface area contributed by atoms with Gasteiger partial charge < -0.3 is 21.5 Å². The minimum Gasteiger partial charge on any atom is -0.480 e. The van der Waals surface area contributed by atoms with E-state index in [1.165, 1.54) is 6.92 Å². The molecule has 132 valence electrons. The van der Waals surface area contributed by atoms with E-state index in [4.69, 9.17) is 5.73 Å². The van der Waals surface area contributed by atoms with Crippen molar-refractivity contribution in [1.29, 1.82) is 0 Å². The smallest absolute Gasteiger partial charge is 0.326 e. The van der Waals surface area contributed by atoms with Gasteiger partial charge >= 0.3 is 5.97 Å². The molecule has 0 aromatic heterocycles. The van der Waals surface area contributed by atoms with E-state index in [1.54, 1.807) is 38.1 Å². The molecule has 0 aliphatic carbocycles. The molecule has 0 aliphatic rings. The lowest BCUT2D eigenvalue weighted by molar-refractivity contribution is -0.142. The van der Waals surface area contributed by atoms with Gasteiger partial charge in [0.25, 0.3) is 0 Å². The fraction of sp³-hybridized carbons (Fsp3) is 0.471. The Morgan fingerprint density at radius 1 is 1.04 bits per heavy atom. The third-order valence-electron chi connectivity index (χ3n) is 3.56. The average Bonchev–Trinajstić information content (AvgIpc) is 2.51. The zero-order valence-corrected chi connectivity index (χ0v) is 14.2. The first-order chi connectivity index (χ1) is 11.2. The maximum Gasteiger partial charge on any atom is 0.326 e. The average molecular weight is 335 g/mol. The molecule has 1 aromatic carbocycles. The summed E-state index contributed by atoms with van der Waals surface area (Å²) in [5.41, 5.74) is 6.30. The number of nitrogens with one attached hydrogen (secondary N) is 2. The number of hydrogen-bond acceptors (Lipinski definition) is 4. The van der Waals surface area contributed by atoms with Crippen LogP contribution in [0.2, 0.25) is 0 Å². The minimum atomic E-state index is -1.13. The van der Waals surface area contributed by atoms with Crippen molar-refractivity contribution < 1.29 is 19.5 Å². The highest BCUT2D eigenvalue weighted by Gasteiger charge is 2.29. The van der Waals surface area contributed by atoms with Crippen LogP contribution in [0.4, 0.5) is 0 Å². The van der Waals surface area contributed by atoms with Crippen molar-refractivity contribution in [3.05, 3.63) is 35.9 Å². The van der Waals surface area contributed by atoms with E-state index in [9.17, 15) is 19.5 Å². The number of amides is 2. The molecule has 0 saturated carbocycles. The maximum absolute atomic E-state index is 12.4. The zero-order valence-electron chi connectivity index (χ0n) is 14.2. The van der Waals surface area contributed by atoms with Crippen LogP contribution in [0.3, 0.4) is 0 Å². The van der Waals surface area contributed by atoms with Gasteiger partial charge in [0.05, 0.1) is 6.04 Å². The van der Waals surface area contributed by atoms with Crippen LogP contribution in [-0.2, 0) is 20.8 Å². The number of hydrogen-bond donors (Lipinski definition) is 4. The van der Waals surface area contributed by atoms with Crippen LogP contribution in [0.25, 0.3) is 0 Å². The second kappa shape index (κ2) is 9.02. The molecule has 7 nitrogen and oxygen atoms in total. The van der Waals surface area contributed by atoms with Crippen molar-refractivity contribution in [2.45, 2.75) is 45.3 Å². The summed E-state index contributed by atoms with van der Waals surface area (Å²) in [4.78, 5) is 35.6. The SMILES string of the molecule is CC(N)C(=O)NC(C(=O)NC(Cc1ccccc1)C(=O)O)C(C)C. The van der Waals surface area contributed by atoms with Crippen LogP contribution in [0.1, 0.15) is 26.3 Å². The predicted molar refractivity (Wildman–Crippen MR) is 90.1 cm³/mol. The molecule has 1 rings (SSSR count). The Balaban J connectivity index is 2.81. The second-order valence-electron chi connectivity index (χ2n) is 6.11. The van der Waals surface area contributed by atoms with Crippen molar-refractivity contribution in [2.75, 3.05) is 0 Å². The summed E-state index contributed by atoms with van der Waals surface area (Å²) in [6.45, 7) is 5.04. The highest BCUT2D eigenvalue weighted by Crippen LogP contribution is 2.07. The van der Waals surface area contributed by atoms with Gasteiger partial charge in [0, 0.05) is 6.42 Å². The molecular formula is C17H25N3O4. The Kier molecular flexibility index (Phi) is 7.38. The molecule has 24 heavy (non-hydrogen) atoms. The van der Waals surface area contributed by atoms with Gasteiger partial charge in [-0.3, -0.25) is 9.59 Å². The molecule has 0 fully saturated rings. The summed E-state index contributed by atoms with van der Waals surface area (Å²) in [6.07, 6.45) is 0.161. The van der Waals surface area contributed by atoms with Gasteiger partial charge in [0.15, 0.2) is 0 Å². The van der Waals surface area contributed by atoms with Gasteiger partial charge in [-0.2, -0.15) is 0 Å². The number of carbonyl (C=O) groups is 3. The van der Waals surface area contributed by atoms with Crippen molar-refractivity contribution in [2.24, 2.45) is 11.7 Å². The van der Waals surface area contributed by atoms with E-state index in [2.05, 4.69) is 10.6 Å². The van der Waals surface area contributed by atoms with Crippen LogP contribution in [0.5, 0.6) is 0 Å². The van der Waals surface area contributed by atoms with Crippen molar-refractivity contribution >= 4 is 17.8 Å². The summed E-state index contributed by atoms with van der Waals surface area (Å²) in [5.74, 6) is -2.34. The third kappa shape index (κ3) is 6.00. The first-order valence-corrected chi connectivity index (χ1v) is 7.85. The van der Waals surface area contributed by atoms with Crippen LogP contribution < -0.4 is 16.4 Å². The lowest BCUT2D eigenvalue weighted by Crippen LogP contribution is -2.56. The van der Waals surface area contributed by atoms with E-state index < -0.39 is 35.9 Å². The molecule has 0 radical (unpaired) electrons. The third-order valence-corrected chi connectivity index (χ3v) is 3.56. The Hall–Kier alpha value is -2.41. The molecule has 3 atom stereocenters. The van der Waals surface area contributed by atoms with Gasteiger partial charge in [0.1, 0.15) is 12.1 Å². The maximum atomic E-state index is 12.4. The fourth-order valence-corrected chi connectivity index (χ4v) is 2.13. The highest BCUT2D eigenvalue weighted by atomic mass is 16.4. The first kappa shape index (κ1) is 19.6. The Labute approximate surface area is 141 Å². The molecule has 0 bridgehead atoms. The summed E-state index contributed by atoms with van der Waals surface area (Å²) in [7, 11) is 0. The molecular weight excluding hydrogens is 310 g/mol. The lowest BCUT2D eigenvalue weighted by Gasteiger charge is -2.24. The van der Waals surface area contributed by atoms with E-state index in [0.29, 0.717) is 0 Å². The lowest BCUT2D eigenvalue weighted by atomic mass is 10.0. The Morgan fingerprint density at radius 3 is 2.08 bits per heavy atom. The molecule has 0 saturated heterocycles. The van der Waals surface area contributed by atoms with Crippen molar-refractivity contribution in [3.8, 4) is 0 Å². The normalized spacial score (nSPS) is 14.5. The number of benzene rings is 1. The molecule has 2 amide bonds. The molecule has 0 heterocycles. The fourth-order valence-electron chi connectivity index (χ4n) is 2.13. The number of carboxylic acids is 1. The summed E-state index contributed by atoms with van der Waals surface area (Å²) >= 11 is 0. The van der Waals surface area contributed by atoms with Gasteiger partial charge in [-0.25, -0.2) is 4.79 Å². The second-order valence-corrected chi connectivity index (χ2v) is 6.11. The number of aliphatic carboxylic acids is 1. The van der Waals surface area contributed by atoms with Crippen LogP contribution in [0.15, 0.2) is 30.3 Å². The number of nitrogens with two attached hydrogens (primary N) is 1. The number of carboxylic acid groups (broad SMARTS) is 1. The zero-order chi connectivity index (χ0) is 18.3. The first-order valence-electron chi connectivity index (χ1n) is 7.85. The summed E-state index contributed by atoms with van der Waals surface area (Å²) in [6, 6.07) is 6.34. The van der Waals surface area contributed by atoms with E-state index in [0.717, 1.165) is 5.56 Å². The van der Waals surface area contributed by atoms with Crippen molar-refractivity contribution in [3.63, 3.8) is 0 Å². The van der Waals surface area contributed by atoms with Gasteiger partial charge in [-0.1, -0.05) is 44.2 Å². The monoisotopic (exact) mass is 335 g/mol. The van der Waals surface area contributed by atoms with E-state index >= 15 is 0 Å². The number of carbonyl (C=O) groups excluding carboxylic acids is 2. The Bertz CT molecular complexity index is 572. The number of rotatable bonds is 8. The molecule has 5 N–H and O–H groups in total. The molecule has 0 aliphatic heterocycles. The van der Waals surface area contributed by atoms with Gasteiger partial charge in [-0.15, -0.1) is 0 Å². The van der Waals surface area contributed by atoms with Gasteiger partial charge in [0.2, 0.25) is 11.8 Å². The molecule has 1 aromatic rings. The quantitative estimate of drug-likeness (QED) is 0.544. The van der Waals surface area contributed by atoms with E-state index in [-0.39, 0.29) is 12.3 Å². The standard InChI is InChI=1S/C17H25N3O4/c1-10(2)14(20-15(21)11(3)18)16(22)19-13(17(23)24)9-12-7-5-4-6-8-12/h4-8,10-11,13-14H,9,18H2,1-3H3,(H,19,22)(H,20,21)(H,23,24). The van der Waals surface area contributed by atoms with Crippen LogP contribution >= 0.6 is 0 Å².